The van der Waals surface area contributed by atoms with Crippen molar-refractivity contribution < 1.29 is 0 Å². The summed E-state index contributed by atoms with van der Waals surface area (Å²) in [5, 5.41) is 0. The Kier molecular flexibility index (Phi) is 1.64. The fraction of sp³-hybridized carbons (Fsp3) is 0.727. The molecule has 0 amide bonds. The standard InChI is InChI=1S/C11H17N3/c1-2-14-10(12)9(7-3-4-7)13-11(14)8-5-6-8/h7-8H,2-6,12H2,1H3. The molecule has 0 atom stereocenters. The van der Waals surface area contributed by atoms with E-state index in [-0.39, 0.29) is 0 Å². The third-order valence-electron chi connectivity index (χ3n) is 3.29. The second-order valence-corrected chi connectivity index (χ2v) is 4.53. The lowest BCUT2D eigenvalue weighted by molar-refractivity contribution is 0.708. The Labute approximate surface area is 84.3 Å². The summed E-state index contributed by atoms with van der Waals surface area (Å²) in [5.74, 6) is 3.59. The van der Waals surface area contributed by atoms with Gasteiger partial charge in [-0.1, -0.05) is 0 Å². The molecule has 2 N–H and O–H groups in total. The number of aromatic nitrogens is 2. The highest BCUT2D eigenvalue weighted by atomic mass is 15.2. The lowest BCUT2D eigenvalue weighted by atomic mass is 10.3. The molecule has 76 valence electrons. The molecule has 0 unspecified atom stereocenters. The topological polar surface area (TPSA) is 43.8 Å². The van der Waals surface area contributed by atoms with Gasteiger partial charge in [0.2, 0.25) is 0 Å². The molecule has 1 heterocycles. The van der Waals surface area contributed by atoms with E-state index < -0.39 is 0 Å². The van der Waals surface area contributed by atoms with E-state index in [1.54, 1.807) is 0 Å². The molecule has 0 aromatic carbocycles. The highest BCUT2D eigenvalue weighted by Gasteiger charge is 2.34. The number of anilines is 1. The first-order chi connectivity index (χ1) is 6.81. The van der Waals surface area contributed by atoms with Gasteiger partial charge in [0.05, 0.1) is 5.69 Å². The number of nitrogens with zero attached hydrogens (tertiary/aromatic N) is 2. The number of rotatable bonds is 3. The van der Waals surface area contributed by atoms with Crippen molar-refractivity contribution in [2.24, 2.45) is 0 Å². The summed E-state index contributed by atoms with van der Waals surface area (Å²) in [7, 11) is 0. The highest BCUT2D eigenvalue weighted by molar-refractivity contribution is 5.43. The van der Waals surface area contributed by atoms with E-state index in [4.69, 9.17) is 10.7 Å². The van der Waals surface area contributed by atoms with Crippen molar-refractivity contribution in [3.8, 4) is 0 Å². The van der Waals surface area contributed by atoms with E-state index in [0.29, 0.717) is 11.8 Å². The Morgan fingerprint density at radius 1 is 1.29 bits per heavy atom. The van der Waals surface area contributed by atoms with Crippen LogP contribution >= 0.6 is 0 Å². The van der Waals surface area contributed by atoms with Crippen LogP contribution in [0, 0.1) is 0 Å². The second kappa shape index (κ2) is 2.75. The Hall–Kier alpha value is -0.990. The highest BCUT2D eigenvalue weighted by Crippen LogP contribution is 2.46. The zero-order valence-corrected chi connectivity index (χ0v) is 8.66. The van der Waals surface area contributed by atoms with Gasteiger partial charge < -0.3 is 10.3 Å². The first-order valence-electron chi connectivity index (χ1n) is 5.67. The molecule has 2 saturated carbocycles. The molecular weight excluding hydrogens is 174 g/mol. The van der Waals surface area contributed by atoms with E-state index in [1.165, 1.54) is 37.2 Å². The van der Waals surface area contributed by atoms with Gasteiger partial charge in [0, 0.05) is 18.4 Å². The van der Waals surface area contributed by atoms with Gasteiger partial charge in [-0.15, -0.1) is 0 Å². The van der Waals surface area contributed by atoms with Crippen LogP contribution in [0.3, 0.4) is 0 Å². The van der Waals surface area contributed by atoms with Gasteiger partial charge in [-0.05, 0) is 32.6 Å². The molecular formula is C11H17N3. The van der Waals surface area contributed by atoms with Crippen LogP contribution in [0.5, 0.6) is 0 Å². The van der Waals surface area contributed by atoms with Crippen LogP contribution < -0.4 is 5.73 Å². The van der Waals surface area contributed by atoms with Crippen molar-refractivity contribution in [3.05, 3.63) is 11.5 Å². The molecule has 0 radical (unpaired) electrons. The SMILES string of the molecule is CCn1c(C2CC2)nc(C2CC2)c1N. The number of nitrogens with two attached hydrogens (primary N) is 1. The molecule has 3 nitrogen and oxygen atoms in total. The molecule has 3 rings (SSSR count). The van der Waals surface area contributed by atoms with Crippen LogP contribution in [0.1, 0.15) is 56.0 Å². The molecule has 0 aliphatic heterocycles. The summed E-state index contributed by atoms with van der Waals surface area (Å²) in [6.07, 6.45) is 5.19. The van der Waals surface area contributed by atoms with Crippen LogP contribution in [0.25, 0.3) is 0 Å². The van der Waals surface area contributed by atoms with E-state index in [9.17, 15) is 0 Å². The second-order valence-electron chi connectivity index (χ2n) is 4.53. The number of nitrogen functional groups attached to an aromatic ring is 1. The Morgan fingerprint density at radius 3 is 2.43 bits per heavy atom. The number of hydrogen-bond acceptors (Lipinski definition) is 2. The van der Waals surface area contributed by atoms with Gasteiger partial charge in [-0.2, -0.15) is 0 Å². The van der Waals surface area contributed by atoms with E-state index in [2.05, 4.69) is 11.5 Å². The molecule has 0 bridgehead atoms. The van der Waals surface area contributed by atoms with Crippen molar-refractivity contribution >= 4 is 5.82 Å². The summed E-state index contributed by atoms with van der Waals surface area (Å²) >= 11 is 0. The average molecular weight is 191 g/mol. The van der Waals surface area contributed by atoms with Crippen molar-refractivity contribution in [1.82, 2.24) is 9.55 Å². The fourth-order valence-corrected chi connectivity index (χ4v) is 2.15. The maximum absolute atomic E-state index is 6.12. The largest absolute Gasteiger partial charge is 0.384 e. The zero-order chi connectivity index (χ0) is 9.71. The Bertz CT molecular complexity index is 359. The Morgan fingerprint density at radius 2 is 1.93 bits per heavy atom. The summed E-state index contributed by atoms with van der Waals surface area (Å²) in [4.78, 5) is 4.74. The van der Waals surface area contributed by atoms with Crippen molar-refractivity contribution in [2.45, 2.75) is 51.0 Å². The minimum absolute atomic E-state index is 0.681. The van der Waals surface area contributed by atoms with E-state index in [0.717, 1.165) is 12.4 Å². The van der Waals surface area contributed by atoms with Crippen LogP contribution in [0.15, 0.2) is 0 Å². The molecule has 2 aliphatic rings. The lowest BCUT2D eigenvalue weighted by Gasteiger charge is -2.04. The normalized spacial score (nSPS) is 21.5. The quantitative estimate of drug-likeness (QED) is 0.796. The van der Waals surface area contributed by atoms with Crippen LogP contribution in [0.2, 0.25) is 0 Å². The summed E-state index contributed by atoms with van der Waals surface area (Å²) < 4.78 is 2.21. The van der Waals surface area contributed by atoms with E-state index >= 15 is 0 Å². The average Bonchev–Trinajstić information content (AvgIpc) is 3.04. The maximum Gasteiger partial charge on any atom is 0.127 e. The smallest absolute Gasteiger partial charge is 0.127 e. The van der Waals surface area contributed by atoms with Gasteiger partial charge in [0.1, 0.15) is 11.6 Å². The van der Waals surface area contributed by atoms with Crippen molar-refractivity contribution in [3.63, 3.8) is 0 Å². The minimum Gasteiger partial charge on any atom is -0.384 e. The maximum atomic E-state index is 6.12. The molecule has 3 heteroatoms. The summed E-state index contributed by atoms with van der Waals surface area (Å²) in [6, 6.07) is 0. The van der Waals surface area contributed by atoms with Gasteiger partial charge in [-0.3, -0.25) is 0 Å². The van der Waals surface area contributed by atoms with Crippen molar-refractivity contribution in [2.75, 3.05) is 5.73 Å². The molecule has 1 aromatic rings. The van der Waals surface area contributed by atoms with Gasteiger partial charge in [0.15, 0.2) is 0 Å². The molecule has 2 fully saturated rings. The fourth-order valence-electron chi connectivity index (χ4n) is 2.15. The molecule has 0 spiro atoms. The summed E-state index contributed by atoms with van der Waals surface area (Å²) in [5.41, 5.74) is 7.31. The first-order valence-corrected chi connectivity index (χ1v) is 5.67. The first kappa shape index (κ1) is 8.33. The Balaban J connectivity index is 2.04. The van der Waals surface area contributed by atoms with Gasteiger partial charge >= 0.3 is 0 Å². The third-order valence-corrected chi connectivity index (χ3v) is 3.29. The predicted molar refractivity (Wildman–Crippen MR) is 56.3 cm³/mol. The van der Waals surface area contributed by atoms with Gasteiger partial charge in [-0.25, -0.2) is 4.98 Å². The predicted octanol–water partition coefficient (Wildman–Crippen LogP) is 2.24. The monoisotopic (exact) mass is 191 g/mol. The number of imidazole rings is 1. The molecule has 0 saturated heterocycles. The van der Waals surface area contributed by atoms with Crippen LogP contribution in [-0.4, -0.2) is 9.55 Å². The zero-order valence-electron chi connectivity index (χ0n) is 8.66. The van der Waals surface area contributed by atoms with Gasteiger partial charge in [0.25, 0.3) is 0 Å². The third kappa shape index (κ3) is 1.15. The van der Waals surface area contributed by atoms with Crippen LogP contribution in [0.4, 0.5) is 5.82 Å². The molecule has 2 aliphatic carbocycles. The van der Waals surface area contributed by atoms with Crippen LogP contribution in [-0.2, 0) is 6.54 Å². The summed E-state index contributed by atoms with van der Waals surface area (Å²) in [6.45, 7) is 3.12. The molecule has 1 aromatic heterocycles. The minimum atomic E-state index is 0.681. The van der Waals surface area contributed by atoms with Crippen molar-refractivity contribution in [1.29, 1.82) is 0 Å². The molecule has 14 heavy (non-hydrogen) atoms. The van der Waals surface area contributed by atoms with E-state index in [1.807, 2.05) is 0 Å². The lowest BCUT2D eigenvalue weighted by Crippen LogP contribution is -2.04. The number of hydrogen-bond donors (Lipinski definition) is 1.